The van der Waals surface area contributed by atoms with Gasteiger partial charge < -0.3 is 14.4 Å². The Morgan fingerprint density at radius 1 is 0.974 bits per heavy atom. The Balaban J connectivity index is 1.24. The van der Waals surface area contributed by atoms with Crippen LogP contribution in [-0.2, 0) is 16.0 Å². The van der Waals surface area contributed by atoms with Gasteiger partial charge in [-0.2, -0.15) is 9.97 Å². The molecule has 3 saturated heterocycles. The molecule has 0 amide bonds. The summed E-state index contributed by atoms with van der Waals surface area (Å²) in [4.78, 5) is 27.5. The Morgan fingerprint density at radius 3 is 2.47 bits per heavy atom. The first-order valence-corrected chi connectivity index (χ1v) is 14.1. The van der Waals surface area contributed by atoms with E-state index in [-0.39, 0.29) is 0 Å². The number of morpholine rings is 2. The van der Waals surface area contributed by atoms with E-state index in [1.54, 1.807) is 15.9 Å². The second kappa shape index (κ2) is 10.1. The van der Waals surface area contributed by atoms with Crippen molar-refractivity contribution >= 4 is 38.5 Å². The number of hydrogen-bond donors (Lipinski definition) is 0. The number of para-hydroxylation sites is 2. The van der Waals surface area contributed by atoms with Crippen molar-refractivity contribution in [3.05, 3.63) is 35.1 Å². The summed E-state index contributed by atoms with van der Waals surface area (Å²) in [6.07, 6.45) is -1.27. The van der Waals surface area contributed by atoms with E-state index in [0.29, 0.717) is 31.0 Å². The fraction of sp³-hybridized carbons (Fsp3) is 0.538. The molecule has 1 unspecified atom stereocenters. The monoisotopic (exact) mass is 538 g/mol. The maximum atomic E-state index is 14.8. The van der Waals surface area contributed by atoms with Crippen LogP contribution in [0.15, 0.2) is 24.3 Å². The lowest BCUT2D eigenvalue weighted by atomic mass is 10.1. The maximum Gasteiger partial charge on any atom is 0.239 e. The van der Waals surface area contributed by atoms with Crippen LogP contribution in [-0.4, -0.2) is 106 Å². The Bertz CT molecular complexity index is 1440. The van der Waals surface area contributed by atoms with Crippen LogP contribution in [0, 0.1) is 0 Å². The van der Waals surface area contributed by atoms with E-state index in [0.717, 1.165) is 91.2 Å². The lowest BCUT2D eigenvalue weighted by molar-refractivity contribution is -0.0344. The number of nitrogens with zero attached hydrogens (tertiary/aromatic N) is 8. The van der Waals surface area contributed by atoms with Gasteiger partial charge in [0.05, 0.1) is 44.0 Å². The molecule has 38 heavy (non-hydrogen) atoms. The second-order valence-corrected chi connectivity index (χ2v) is 11.2. The van der Waals surface area contributed by atoms with Crippen LogP contribution in [0.2, 0.25) is 0 Å². The number of aromatic nitrogens is 5. The fourth-order valence-corrected chi connectivity index (χ4v) is 6.53. The predicted molar refractivity (Wildman–Crippen MR) is 144 cm³/mol. The van der Waals surface area contributed by atoms with E-state index in [1.165, 1.54) is 6.92 Å². The number of fused-ring (bicyclic) bond motifs is 2. The lowest BCUT2D eigenvalue weighted by Gasteiger charge is -2.46. The van der Waals surface area contributed by atoms with Crippen molar-refractivity contribution in [2.45, 2.75) is 25.7 Å². The number of alkyl halides is 1. The molecular weight excluding hydrogens is 507 g/mol. The first-order chi connectivity index (χ1) is 18.6. The van der Waals surface area contributed by atoms with Crippen LogP contribution in [0.5, 0.6) is 0 Å². The van der Waals surface area contributed by atoms with E-state index in [9.17, 15) is 4.39 Å². The maximum absolute atomic E-state index is 14.8. The number of anilines is 1. The molecule has 1 atom stereocenters. The third kappa shape index (κ3) is 4.43. The third-order valence-electron chi connectivity index (χ3n) is 7.58. The van der Waals surface area contributed by atoms with E-state index in [2.05, 4.69) is 19.7 Å². The van der Waals surface area contributed by atoms with Gasteiger partial charge in [-0.3, -0.25) is 14.4 Å². The van der Waals surface area contributed by atoms with Crippen LogP contribution in [0.3, 0.4) is 0 Å². The zero-order valence-corrected chi connectivity index (χ0v) is 22.2. The Hall–Kier alpha value is -2.77. The zero-order chi connectivity index (χ0) is 25.6. The van der Waals surface area contributed by atoms with Gasteiger partial charge in [-0.15, -0.1) is 0 Å². The molecular formula is C26H31FN8O2S. The number of rotatable bonds is 6. The number of imidazole rings is 1. The summed E-state index contributed by atoms with van der Waals surface area (Å²) in [5.41, 5.74) is 2.32. The van der Waals surface area contributed by atoms with Crippen molar-refractivity contribution < 1.29 is 13.9 Å². The van der Waals surface area contributed by atoms with Crippen LogP contribution < -0.4 is 4.90 Å². The Labute approximate surface area is 224 Å². The second-order valence-electron chi connectivity index (χ2n) is 10.1. The summed E-state index contributed by atoms with van der Waals surface area (Å²) in [5.74, 6) is 1.51. The van der Waals surface area contributed by atoms with Crippen molar-refractivity contribution in [3.8, 4) is 5.95 Å². The molecule has 0 radical (unpaired) electrons. The van der Waals surface area contributed by atoms with Gasteiger partial charge in [0.15, 0.2) is 22.6 Å². The quantitative estimate of drug-likeness (QED) is 0.368. The molecule has 3 aliphatic rings. The smallest absolute Gasteiger partial charge is 0.239 e. The van der Waals surface area contributed by atoms with Gasteiger partial charge >= 0.3 is 0 Å². The standard InChI is InChI=1S/C26H31FN8O2S/c1-17(27)23-28-19-4-2-3-5-20(19)35(23)26-30-24(34-8-12-37-13-9-34)22-25(31-26)38-21(29-22)16-32-14-18(15-32)33-6-10-36-11-7-33/h2-5,17-18H,6-16H2,1H3. The molecule has 0 saturated carbocycles. The topological polar surface area (TPSA) is 84.7 Å². The molecule has 3 fully saturated rings. The van der Waals surface area contributed by atoms with Crippen molar-refractivity contribution in [2.24, 2.45) is 0 Å². The number of thiazole rings is 1. The number of ether oxygens (including phenoxy) is 2. The SMILES string of the molecule is CC(F)c1nc2ccccc2n1-c1nc(N2CCOCC2)c2nc(CN3CC(N4CCOCC4)C3)sc2n1. The molecule has 12 heteroatoms. The molecule has 0 spiro atoms. The summed E-state index contributed by atoms with van der Waals surface area (Å²) in [6, 6.07) is 8.25. The minimum atomic E-state index is -1.27. The summed E-state index contributed by atoms with van der Waals surface area (Å²) >= 11 is 1.60. The molecule has 3 aromatic heterocycles. The molecule has 4 aromatic rings. The zero-order valence-electron chi connectivity index (χ0n) is 21.4. The predicted octanol–water partition coefficient (Wildman–Crippen LogP) is 2.81. The van der Waals surface area contributed by atoms with Crippen LogP contribution in [0.4, 0.5) is 10.2 Å². The lowest BCUT2D eigenvalue weighted by Crippen LogP contribution is -2.60. The van der Waals surface area contributed by atoms with E-state index >= 15 is 0 Å². The first kappa shape index (κ1) is 24.3. The average Bonchev–Trinajstić information content (AvgIpc) is 3.52. The van der Waals surface area contributed by atoms with Crippen molar-refractivity contribution in [1.82, 2.24) is 34.3 Å². The number of benzene rings is 1. The number of hydrogen-bond acceptors (Lipinski definition) is 10. The van der Waals surface area contributed by atoms with Crippen LogP contribution in [0.25, 0.3) is 27.3 Å². The van der Waals surface area contributed by atoms with E-state index in [4.69, 9.17) is 24.4 Å². The van der Waals surface area contributed by atoms with Gasteiger partial charge in [-0.05, 0) is 19.1 Å². The molecule has 6 heterocycles. The van der Waals surface area contributed by atoms with Gasteiger partial charge in [0.1, 0.15) is 10.5 Å². The van der Waals surface area contributed by atoms with Crippen molar-refractivity contribution in [2.75, 3.05) is 70.6 Å². The minimum absolute atomic E-state index is 0.304. The highest BCUT2D eigenvalue weighted by molar-refractivity contribution is 7.18. The van der Waals surface area contributed by atoms with Crippen LogP contribution >= 0.6 is 11.3 Å². The van der Waals surface area contributed by atoms with Crippen molar-refractivity contribution in [1.29, 1.82) is 0 Å². The first-order valence-electron chi connectivity index (χ1n) is 13.3. The third-order valence-corrected chi connectivity index (χ3v) is 8.52. The minimum Gasteiger partial charge on any atom is -0.379 e. The normalized spacial score (nSPS) is 20.8. The Morgan fingerprint density at radius 2 is 1.71 bits per heavy atom. The highest BCUT2D eigenvalue weighted by Crippen LogP contribution is 2.33. The molecule has 0 N–H and O–H groups in total. The van der Waals surface area contributed by atoms with Gasteiger partial charge in [0, 0.05) is 45.3 Å². The molecule has 0 bridgehead atoms. The van der Waals surface area contributed by atoms with E-state index < -0.39 is 6.17 Å². The highest BCUT2D eigenvalue weighted by atomic mass is 32.1. The molecule has 3 aliphatic heterocycles. The average molecular weight is 539 g/mol. The van der Waals surface area contributed by atoms with Gasteiger partial charge in [-0.25, -0.2) is 14.4 Å². The van der Waals surface area contributed by atoms with Gasteiger partial charge in [-0.1, -0.05) is 23.5 Å². The molecule has 200 valence electrons. The van der Waals surface area contributed by atoms with Gasteiger partial charge in [0.25, 0.3) is 0 Å². The summed E-state index contributed by atoms with van der Waals surface area (Å²) in [5, 5.41) is 1.02. The Kier molecular flexibility index (Phi) is 6.44. The van der Waals surface area contributed by atoms with E-state index in [1.807, 2.05) is 24.3 Å². The highest BCUT2D eigenvalue weighted by Gasteiger charge is 2.33. The number of likely N-dealkylation sites (tertiary alicyclic amines) is 1. The molecule has 7 rings (SSSR count). The number of halogens is 1. The summed E-state index contributed by atoms with van der Waals surface area (Å²) < 4.78 is 27.6. The summed E-state index contributed by atoms with van der Waals surface area (Å²) in [6.45, 7) is 10.8. The molecule has 0 aliphatic carbocycles. The fourth-order valence-electron chi connectivity index (χ4n) is 5.56. The molecule has 1 aromatic carbocycles. The summed E-state index contributed by atoms with van der Waals surface area (Å²) in [7, 11) is 0. The molecule has 10 nitrogen and oxygen atoms in total. The van der Waals surface area contributed by atoms with Crippen molar-refractivity contribution in [3.63, 3.8) is 0 Å². The van der Waals surface area contributed by atoms with Gasteiger partial charge in [0.2, 0.25) is 5.95 Å². The van der Waals surface area contributed by atoms with Crippen LogP contribution in [0.1, 0.15) is 23.9 Å². The largest absolute Gasteiger partial charge is 0.379 e.